The molecule has 0 aliphatic rings. The van der Waals surface area contributed by atoms with Crippen molar-refractivity contribution in [3.05, 3.63) is 42.0 Å². The first kappa shape index (κ1) is 15.3. The van der Waals surface area contributed by atoms with Gasteiger partial charge in [-0.05, 0) is 55.4 Å². The van der Waals surface area contributed by atoms with Gasteiger partial charge < -0.3 is 9.84 Å². The lowest BCUT2D eigenvalue weighted by Gasteiger charge is -2.28. The van der Waals surface area contributed by atoms with Crippen LogP contribution >= 0.6 is 0 Å². The van der Waals surface area contributed by atoms with Crippen molar-refractivity contribution < 1.29 is 14.6 Å². The van der Waals surface area contributed by atoms with E-state index in [1.807, 2.05) is 49.2 Å². The van der Waals surface area contributed by atoms with Crippen molar-refractivity contribution in [3.8, 4) is 5.75 Å². The minimum absolute atomic E-state index is 0.0302. The third kappa shape index (κ3) is 3.16. The van der Waals surface area contributed by atoms with Gasteiger partial charge in [0.15, 0.2) is 0 Å². The van der Waals surface area contributed by atoms with Crippen LogP contribution in [0.4, 0.5) is 0 Å². The number of rotatable bonds is 5. The van der Waals surface area contributed by atoms with Crippen molar-refractivity contribution in [2.45, 2.75) is 25.9 Å². The van der Waals surface area contributed by atoms with Gasteiger partial charge >= 0.3 is 5.97 Å². The second-order valence-corrected chi connectivity index (χ2v) is 5.33. The van der Waals surface area contributed by atoms with Crippen molar-refractivity contribution >= 4 is 16.7 Å². The molecule has 2 aromatic rings. The number of aliphatic carboxylic acids is 1. The van der Waals surface area contributed by atoms with Gasteiger partial charge in [-0.2, -0.15) is 0 Å². The third-order valence-electron chi connectivity index (χ3n) is 4.13. The number of carbonyl (C=O) groups is 1. The monoisotopic (exact) mass is 287 g/mol. The van der Waals surface area contributed by atoms with Gasteiger partial charge in [0.1, 0.15) is 11.8 Å². The first-order valence-electron chi connectivity index (χ1n) is 6.96. The zero-order valence-corrected chi connectivity index (χ0v) is 12.8. The van der Waals surface area contributed by atoms with Crippen molar-refractivity contribution in [1.82, 2.24) is 4.90 Å². The predicted octanol–water partition coefficient (Wildman–Crippen LogP) is 3.31. The maximum atomic E-state index is 11.1. The second-order valence-electron chi connectivity index (χ2n) is 5.33. The van der Waals surface area contributed by atoms with Crippen LogP contribution in [0.3, 0.4) is 0 Å². The molecule has 2 atom stereocenters. The molecule has 0 aliphatic heterocycles. The summed E-state index contributed by atoms with van der Waals surface area (Å²) in [5, 5.41) is 11.4. The molecule has 0 fully saturated rings. The topological polar surface area (TPSA) is 49.8 Å². The number of benzene rings is 2. The van der Waals surface area contributed by atoms with Crippen molar-refractivity contribution in [3.63, 3.8) is 0 Å². The summed E-state index contributed by atoms with van der Waals surface area (Å²) < 4.78 is 5.22. The molecule has 0 radical (unpaired) electrons. The number of carboxylic acids is 1. The molecule has 1 N–H and O–H groups in total. The van der Waals surface area contributed by atoms with Crippen molar-refractivity contribution in [2.24, 2.45) is 0 Å². The van der Waals surface area contributed by atoms with Gasteiger partial charge in [-0.3, -0.25) is 9.69 Å². The third-order valence-corrected chi connectivity index (χ3v) is 4.13. The Morgan fingerprint density at radius 3 is 2.38 bits per heavy atom. The molecule has 0 saturated heterocycles. The summed E-state index contributed by atoms with van der Waals surface area (Å²) in [7, 11) is 3.49. The lowest BCUT2D eigenvalue weighted by molar-refractivity contribution is -0.142. The highest BCUT2D eigenvalue weighted by Crippen LogP contribution is 2.27. The molecular weight excluding hydrogens is 266 g/mol. The summed E-state index contributed by atoms with van der Waals surface area (Å²) in [4.78, 5) is 13.0. The fraction of sp³-hybridized carbons (Fsp3) is 0.353. The Hall–Kier alpha value is -2.07. The average Bonchev–Trinajstić information content (AvgIpc) is 2.51. The number of hydrogen-bond donors (Lipinski definition) is 1. The van der Waals surface area contributed by atoms with Crippen LogP contribution in [0.2, 0.25) is 0 Å². The number of ether oxygens (including phenoxy) is 1. The summed E-state index contributed by atoms with van der Waals surface area (Å²) in [6.07, 6.45) is 0. The van der Waals surface area contributed by atoms with E-state index in [0.29, 0.717) is 0 Å². The molecule has 0 spiro atoms. The zero-order chi connectivity index (χ0) is 15.6. The molecule has 4 heteroatoms. The van der Waals surface area contributed by atoms with E-state index in [2.05, 4.69) is 6.07 Å². The highest BCUT2D eigenvalue weighted by molar-refractivity contribution is 5.84. The van der Waals surface area contributed by atoms with E-state index in [4.69, 9.17) is 9.84 Å². The molecule has 2 aromatic carbocycles. The Kier molecular flexibility index (Phi) is 4.48. The smallest absolute Gasteiger partial charge is 0.320 e. The minimum atomic E-state index is -0.810. The SMILES string of the molecule is COc1ccc2cc(C(C)N(C)C(C)C(=O)O)ccc2c1. The van der Waals surface area contributed by atoms with Crippen LogP contribution in [-0.2, 0) is 4.79 Å². The van der Waals surface area contributed by atoms with Crippen LogP contribution in [0.25, 0.3) is 10.8 Å². The van der Waals surface area contributed by atoms with Gasteiger partial charge in [-0.25, -0.2) is 0 Å². The molecular formula is C17H21NO3. The molecule has 0 amide bonds. The lowest BCUT2D eigenvalue weighted by atomic mass is 10.0. The summed E-state index contributed by atoms with van der Waals surface area (Å²) in [6, 6.07) is 11.6. The fourth-order valence-corrected chi connectivity index (χ4v) is 2.37. The molecule has 0 bridgehead atoms. The molecule has 2 rings (SSSR count). The minimum Gasteiger partial charge on any atom is -0.497 e. The van der Waals surface area contributed by atoms with Crippen molar-refractivity contribution in [2.75, 3.05) is 14.2 Å². The standard InChI is InChI=1S/C17H21NO3/c1-11(18(3)12(2)17(19)20)13-5-6-15-10-16(21-4)8-7-14(15)9-13/h5-12H,1-4H3,(H,19,20). The zero-order valence-electron chi connectivity index (χ0n) is 12.8. The maximum Gasteiger partial charge on any atom is 0.320 e. The Bertz CT molecular complexity index is 654. The van der Waals surface area contributed by atoms with E-state index >= 15 is 0 Å². The van der Waals surface area contributed by atoms with Gasteiger partial charge in [-0.1, -0.05) is 18.2 Å². The van der Waals surface area contributed by atoms with Crippen LogP contribution in [0.15, 0.2) is 36.4 Å². The van der Waals surface area contributed by atoms with Gasteiger partial charge in [-0.15, -0.1) is 0 Å². The molecule has 0 aliphatic carbocycles. The molecule has 21 heavy (non-hydrogen) atoms. The number of carboxylic acid groups (broad SMARTS) is 1. The normalized spacial score (nSPS) is 14.1. The fourth-order valence-electron chi connectivity index (χ4n) is 2.37. The van der Waals surface area contributed by atoms with Crippen LogP contribution in [0.5, 0.6) is 5.75 Å². The molecule has 0 heterocycles. The van der Waals surface area contributed by atoms with Crippen LogP contribution in [0, 0.1) is 0 Å². The number of likely N-dealkylation sites (N-methyl/N-ethyl adjacent to an activating group) is 1. The summed E-state index contributed by atoms with van der Waals surface area (Å²) >= 11 is 0. The molecule has 2 unspecified atom stereocenters. The van der Waals surface area contributed by atoms with Crippen LogP contribution in [0.1, 0.15) is 25.5 Å². The summed E-state index contributed by atoms with van der Waals surface area (Å²) in [5.74, 6) is 0.0230. The Labute approximate surface area is 124 Å². The summed E-state index contributed by atoms with van der Waals surface area (Å²) in [5.41, 5.74) is 1.10. The summed E-state index contributed by atoms with van der Waals surface area (Å²) in [6.45, 7) is 3.72. The molecule has 112 valence electrons. The lowest BCUT2D eigenvalue weighted by Crippen LogP contribution is -2.37. The quantitative estimate of drug-likeness (QED) is 0.916. The molecule has 0 aromatic heterocycles. The van der Waals surface area contributed by atoms with E-state index in [-0.39, 0.29) is 6.04 Å². The molecule has 4 nitrogen and oxygen atoms in total. The van der Waals surface area contributed by atoms with E-state index in [0.717, 1.165) is 22.1 Å². The second kappa shape index (κ2) is 6.14. The van der Waals surface area contributed by atoms with E-state index < -0.39 is 12.0 Å². The molecule has 0 saturated carbocycles. The van der Waals surface area contributed by atoms with E-state index in [9.17, 15) is 4.79 Å². The number of fused-ring (bicyclic) bond motifs is 1. The Morgan fingerprint density at radius 1 is 1.14 bits per heavy atom. The number of nitrogens with zero attached hydrogens (tertiary/aromatic N) is 1. The van der Waals surface area contributed by atoms with Gasteiger partial charge in [0.05, 0.1) is 7.11 Å². The average molecular weight is 287 g/mol. The van der Waals surface area contributed by atoms with Gasteiger partial charge in [0.2, 0.25) is 0 Å². The van der Waals surface area contributed by atoms with E-state index in [1.165, 1.54) is 0 Å². The van der Waals surface area contributed by atoms with Crippen molar-refractivity contribution in [1.29, 1.82) is 0 Å². The van der Waals surface area contributed by atoms with Gasteiger partial charge in [0.25, 0.3) is 0 Å². The number of hydrogen-bond acceptors (Lipinski definition) is 3. The maximum absolute atomic E-state index is 11.1. The first-order chi connectivity index (χ1) is 9.93. The first-order valence-corrected chi connectivity index (χ1v) is 6.96. The van der Waals surface area contributed by atoms with Crippen LogP contribution < -0.4 is 4.74 Å². The Balaban J connectivity index is 2.32. The van der Waals surface area contributed by atoms with Crippen LogP contribution in [-0.4, -0.2) is 36.2 Å². The number of methoxy groups -OCH3 is 1. The van der Waals surface area contributed by atoms with E-state index in [1.54, 1.807) is 14.0 Å². The highest BCUT2D eigenvalue weighted by atomic mass is 16.5. The predicted molar refractivity (Wildman–Crippen MR) is 83.8 cm³/mol. The highest BCUT2D eigenvalue weighted by Gasteiger charge is 2.22. The van der Waals surface area contributed by atoms with Gasteiger partial charge in [0, 0.05) is 6.04 Å². The Morgan fingerprint density at radius 2 is 1.76 bits per heavy atom. The largest absolute Gasteiger partial charge is 0.497 e.